The molecule has 0 spiro atoms. The Kier molecular flexibility index (Phi) is 7.90. The highest BCUT2D eigenvalue weighted by molar-refractivity contribution is 7.20. The molecule has 0 fully saturated rings. The molecule has 1 aromatic heterocycles. The first kappa shape index (κ1) is 24.8. The first-order chi connectivity index (χ1) is 16.3. The summed E-state index contributed by atoms with van der Waals surface area (Å²) in [5, 5.41) is 11.0. The fourth-order valence-corrected chi connectivity index (χ4v) is 4.23. The van der Waals surface area contributed by atoms with E-state index in [2.05, 4.69) is 0 Å². The van der Waals surface area contributed by atoms with Crippen LogP contribution in [-0.2, 0) is 16.0 Å². The number of thiophene rings is 1. The summed E-state index contributed by atoms with van der Waals surface area (Å²) in [7, 11) is 0. The highest BCUT2D eigenvalue weighted by Crippen LogP contribution is 2.40. The van der Waals surface area contributed by atoms with Gasteiger partial charge in [-0.05, 0) is 49.7 Å². The van der Waals surface area contributed by atoms with Crippen LogP contribution in [-0.4, -0.2) is 30.2 Å². The van der Waals surface area contributed by atoms with E-state index in [1.165, 1.54) is 36.4 Å². The predicted molar refractivity (Wildman–Crippen MR) is 122 cm³/mol. The largest absolute Gasteiger partial charge is 0.462 e. The molecule has 3 rings (SSSR count). The highest BCUT2D eigenvalue weighted by Gasteiger charge is 2.29. The van der Waals surface area contributed by atoms with Crippen LogP contribution in [0.1, 0.15) is 29.8 Å². The lowest BCUT2D eigenvalue weighted by Gasteiger charge is -2.22. The molecule has 0 N–H and O–H groups in total. The number of nitrogens with zero attached hydrogens (tertiary/aromatic N) is 2. The standard InChI is InChI=1S/C23H20F2N2O6S/c1-3-32-22(28)16-12-20(14-8-10-15(11-9-14)27(30)31)34-21(16)26(23(29)33-4-2)13-17-18(24)6-5-7-19(17)25/h5-12H,3-4,13H2,1-2H3. The van der Waals surface area contributed by atoms with Gasteiger partial charge in [0.25, 0.3) is 5.69 Å². The summed E-state index contributed by atoms with van der Waals surface area (Å²) < 4.78 is 38.9. The van der Waals surface area contributed by atoms with Crippen molar-refractivity contribution in [3.05, 3.63) is 81.4 Å². The van der Waals surface area contributed by atoms with Crippen molar-refractivity contribution in [1.29, 1.82) is 0 Å². The van der Waals surface area contributed by atoms with E-state index >= 15 is 0 Å². The smallest absolute Gasteiger partial charge is 0.415 e. The van der Waals surface area contributed by atoms with Crippen LogP contribution in [0.4, 0.5) is 24.3 Å². The summed E-state index contributed by atoms with van der Waals surface area (Å²) in [6.07, 6.45) is -0.909. The molecule has 34 heavy (non-hydrogen) atoms. The molecule has 3 aromatic rings. The zero-order chi connectivity index (χ0) is 24.8. The number of anilines is 1. The van der Waals surface area contributed by atoms with Crippen molar-refractivity contribution in [3.63, 3.8) is 0 Å². The van der Waals surface area contributed by atoms with Gasteiger partial charge in [-0.1, -0.05) is 6.07 Å². The predicted octanol–water partition coefficient (Wildman–Crippen LogP) is 5.94. The maximum Gasteiger partial charge on any atom is 0.415 e. The molecule has 8 nitrogen and oxygen atoms in total. The van der Waals surface area contributed by atoms with Crippen molar-refractivity contribution in [2.75, 3.05) is 18.1 Å². The number of non-ortho nitro benzene ring substituents is 1. The highest BCUT2D eigenvalue weighted by atomic mass is 32.1. The second kappa shape index (κ2) is 10.8. The number of esters is 1. The third-order valence-electron chi connectivity index (χ3n) is 4.68. The number of hydrogen-bond acceptors (Lipinski definition) is 7. The molecule has 0 aliphatic carbocycles. The number of benzene rings is 2. The molecular formula is C23H20F2N2O6S. The van der Waals surface area contributed by atoms with Crippen LogP contribution in [0.15, 0.2) is 48.5 Å². The average Bonchev–Trinajstić information content (AvgIpc) is 3.24. The summed E-state index contributed by atoms with van der Waals surface area (Å²) >= 11 is 0.984. The van der Waals surface area contributed by atoms with Crippen molar-refractivity contribution in [2.24, 2.45) is 0 Å². The zero-order valence-electron chi connectivity index (χ0n) is 18.2. The molecule has 0 aliphatic heterocycles. The van der Waals surface area contributed by atoms with Gasteiger partial charge in [-0.2, -0.15) is 0 Å². The fourth-order valence-electron chi connectivity index (χ4n) is 3.09. The van der Waals surface area contributed by atoms with E-state index in [1.54, 1.807) is 13.8 Å². The molecule has 11 heteroatoms. The summed E-state index contributed by atoms with van der Waals surface area (Å²) in [5.74, 6) is -2.47. The average molecular weight is 490 g/mol. The van der Waals surface area contributed by atoms with E-state index in [4.69, 9.17) is 9.47 Å². The Balaban J connectivity index is 2.13. The Labute approximate surface area is 197 Å². The van der Waals surface area contributed by atoms with Crippen LogP contribution in [0, 0.1) is 21.7 Å². The minimum Gasteiger partial charge on any atom is -0.462 e. The van der Waals surface area contributed by atoms with E-state index in [0.717, 1.165) is 28.4 Å². The number of nitro benzene ring substituents is 1. The van der Waals surface area contributed by atoms with Crippen molar-refractivity contribution in [2.45, 2.75) is 20.4 Å². The van der Waals surface area contributed by atoms with E-state index in [-0.39, 0.29) is 35.0 Å². The number of ether oxygens (including phenoxy) is 2. The summed E-state index contributed by atoms with van der Waals surface area (Å²) in [4.78, 5) is 37.4. The Morgan fingerprint density at radius 1 is 1.03 bits per heavy atom. The van der Waals surface area contributed by atoms with Crippen molar-refractivity contribution in [3.8, 4) is 10.4 Å². The van der Waals surface area contributed by atoms with Gasteiger partial charge in [0.2, 0.25) is 0 Å². The van der Waals surface area contributed by atoms with Gasteiger partial charge in [-0.3, -0.25) is 15.0 Å². The summed E-state index contributed by atoms with van der Waals surface area (Å²) in [5.41, 5.74) is 0.0308. The number of hydrogen-bond donors (Lipinski definition) is 0. The molecule has 0 bridgehead atoms. The molecule has 0 saturated heterocycles. The van der Waals surface area contributed by atoms with Gasteiger partial charge in [0, 0.05) is 22.6 Å². The van der Waals surface area contributed by atoms with E-state index < -0.39 is 35.2 Å². The minimum absolute atomic E-state index is 0.00926. The molecule has 0 atom stereocenters. The monoisotopic (exact) mass is 490 g/mol. The third-order valence-corrected chi connectivity index (χ3v) is 5.89. The lowest BCUT2D eigenvalue weighted by Crippen LogP contribution is -2.32. The zero-order valence-corrected chi connectivity index (χ0v) is 19.1. The van der Waals surface area contributed by atoms with Crippen LogP contribution in [0.25, 0.3) is 10.4 Å². The maximum absolute atomic E-state index is 14.4. The molecule has 1 heterocycles. The Morgan fingerprint density at radius 3 is 2.21 bits per heavy atom. The van der Waals surface area contributed by atoms with Crippen molar-refractivity contribution >= 4 is 34.1 Å². The van der Waals surface area contributed by atoms with Crippen LogP contribution in [0.3, 0.4) is 0 Å². The summed E-state index contributed by atoms with van der Waals surface area (Å²) in [6, 6.07) is 10.4. The molecule has 1 amide bonds. The summed E-state index contributed by atoms with van der Waals surface area (Å²) in [6.45, 7) is 2.69. The number of halogens is 2. The van der Waals surface area contributed by atoms with E-state index in [9.17, 15) is 28.5 Å². The third kappa shape index (κ3) is 5.37. The molecule has 0 saturated carbocycles. The number of carbonyl (C=O) groups excluding carboxylic acids is 2. The Bertz CT molecular complexity index is 1190. The fraction of sp³-hybridized carbons (Fsp3) is 0.217. The Hall–Kier alpha value is -3.86. The molecule has 0 unspecified atom stereocenters. The topological polar surface area (TPSA) is 99.0 Å². The van der Waals surface area contributed by atoms with Crippen molar-refractivity contribution in [1.82, 2.24) is 0 Å². The number of nitro groups is 1. The number of amides is 1. The quantitative estimate of drug-likeness (QED) is 0.220. The van der Waals surface area contributed by atoms with E-state index in [1.807, 2.05) is 0 Å². The SMILES string of the molecule is CCOC(=O)c1cc(-c2ccc([N+](=O)[O-])cc2)sc1N(Cc1c(F)cccc1F)C(=O)OCC. The van der Waals surface area contributed by atoms with Gasteiger partial charge < -0.3 is 9.47 Å². The lowest BCUT2D eigenvalue weighted by molar-refractivity contribution is -0.384. The van der Waals surface area contributed by atoms with Gasteiger partial charge in [0.1, 0.15) is 16.6 Å². The van der Waals surface area contributed by atoms with Gasteiger partial charge in [0.05, 0.1) is 30.2 Å². The molecule has 178 valence electrons. The first-order valence-electron chi connectivity index (χ1n) is 10.2. The van der Waals surface area contributed by atoms with Crippen LogP contribution in [0.5, 0.6) is 0 Å². The Morgan fingerprint density at radius 2 is 1.65 bits per heavy atom. The van der Waals surface area contributed by atoms with Crippen LogP contribution in [0.2, 0.25) is 0 Å². The lowest BCUT2D eigenvalue weighted by atomic mass is 10.1. The van der Waals surface area contributed by atoms with Gasteiger partial charge in [0.15, 0.2) is 0 Å². The number of carbonyl (C=O) groups is 2. The molecule has 0 radical (unpaired) electrons. The second-order valence-corrected chi connectivity index (χ2v) is 7.87. The van der Waals surface area contributed by atoms with E-state index in [0.29, 0.717) is 10.4 Å². The van der Waals surface area contributed by atoms with Gasteiger partial charge in [-0.25, -0.2) is 18.4 Å². The second-order valence-electron chi connectivity index (χ2n) is 6.84. The first-order valence-corrected chi connectivity index (χ1v) is 11.0. The molecule has 2 aromatic carbocycles. The van der Waals surface area contributed by atoms with Gasteiger partial charge >= 0.3 is 12.1 Å². The molecule has 0 aliphatic rings. The normalized spacial score (nSPS) is 10.6. The van der Waals surface area contributed by atoms with Crippen LogP contribution < -0.4 is 4.90 Å². The van der Waals surface area contributed by atoms with Gasteiger partial charge in [-0.15, -0.1) is 11.3 Å². The van der Waals surface area contributed by atoms with Crippen LogP contribution >= 0.6 is 11.3 Å². The van der Waals surface area contributed by atoms with Crippen molar-refractivity contribution < 1.29 is 32.8 Å². The number of rotatable bonds is 8. The maximum atomic E-state index is 14.4. The molecular weight excluding hydrogens is 470 g/mol. The minimum atomic E-state index is -0.909.